The normalized spacial score (nSPS) is 17.3. The molecule has 0 bridgehead atoms. The fourth-order valence-corrected chi connectivity index (χ4v) is 7.65. The molecule has 7 heterocycles. The molecule has 4 aliphatic rings. The number of benzene rings is 2. The molecule has 3 saturated heterocycles. The van der Waals surface area contributed by atoms with Gasteiger partial charge in [-0.2, -0.15) is 5.10 Å². The van der Waals surface area contributed by atoms with Crippen LogP contribution in [0.4, 0.5) is 21.2 Å². The van der Waals surface area contributed by atoms with Gasteiger partial charge in [0.1, 0.15) is 23.1 Å². The molecule has 3 aromatic heterocycles. The SMILES string of the molecule is CC1(C)OB(C2=CCN=C2)OC1(C)C.COc1cccc(CN2CCN(c3cc(C)c(-c4cn[nH]c4)cn3)C2=O)c1.COc1cccc(CN2CCN(c3cc(C)c(Br)cn3)C2=O)c1. The van der Waals surface area contributed by atoms with Crippen LogP contribution in [-0.2, 0) is 22.4 Å². The average molecular weight is 933 g/mol. The van der Waals surface area contributed by atoms with Crippen molar-refractivity contribution >= 4 is 53.0 Å². The third kappa shape index (κ3) is 10.5. The fourth-order valence-electron chi connectivity index (χ4n) is 7.43. The Kier molecular flexibility index (Phi) is 14.2. The molecule has 5 aromatic rings. The van der Waals surface area contributed by atoms with Gasteiger partial charge >= 0.3 is 19.2 Å². The number of halogens is 1. The first-order chi connectivity index (χ1) is 30.7. The number of nitrogens with one attached hydrogen (secondary N) is 1. The molecule has 17 heteroatoms. The van der Waals surface area contributed by atoms with Gasteiger partial charge in [-0.25, -0.2) is 19.6 Å². The second kappa shape index (κ2) is 19.8. The summed E-state index contributed by atoms with van der Waals surface area (Å²) in [4.78, 5) is 45.6. The van der Waals surface area contributed by atoms with Crippen LogP contribution >= 0.6 is 15.9 Å². The molecule has 0 atom stereocenters. The van der Waals surface area contributed by atoms with E-state index in [-0.39, 0.29) is 30.4 Å². The summed E-state index contributed by atoms with van der Waals surface area (Å²) in [5.74, 6) is 2.97. The number of methoxy groups -OCH3 is 2. The van der Waals surface area contributed by atoms with Crippen molar-refractivity contribution in [2.24, 2.45) is 4.99 Å². The summed E-state index contributed by atoms with van der Waals surface area (Å²) >= 11 is 3.43. The first-order valence-electron chi connectivity index (χ1n) is 21.2. The molecule has 64 heavy (non-hydrogen) atoms. The van der Waals surface area contributed by atoms with Crippen molar-refractivity contribution in [1.82, 2.24) is 30.0 Å². The van der Waals surface area contributed by atoms with Crippen molar-refractivity contribution < 1.29 is 28.4 Å². The second-order valence-corrected chi connectivity index (χ2v) is 17.7. The standard InChI is InChI=1S/C20H21N5O2.C17H18BrN3O2.C10H16BNO2/c1-14-8-19(21-12-18(14)16-10-22-23-11-16)25-7-6-24(20(25)26)13-15-4-3-5-17(9-15)27-2;1-12-8-16(19-10-15(12)18)21-7-6-20(17(21)22)11-13-4-3-5-14(9-13)23-2;1-9(2)10(3,4)14-11(13-9)8-5-6-12-7-8/h3-5,8-12H,6-7,13H2,1-2H3,(H,22,23);3-5,8-10H,6-7,11H2,1-2H3;5,7H,6H2,1-4H3. The number of aromatic amines is 1. The van der Waals surface area contributed by atoms with E-state index < -0.39 is 0 Å². The summed E-state index contributed by atoms with van der Waals surface area (Å²) in [7, 11) is 3.04. The van der Waals surface area contributed by atoms with E-state index in [0.29, 0.717) is 50.9 Å². The number of carbonyl (C=O) groups excluding carboxylic acids is 2. The first-order valence-corrected chi connectivity index (χ1v) is 22.0. The summed E-state index contributed by atoms with van der Waals surface area (Å²) in [5, 5.41) is 6.79. The molecule has 4 aliphatic heterocycles. The number of urea groups is 2. The Morgan fingerprint density at radius 2 is 1.30 bits per heavy atom. The number of aliphatic imine (C=N–C) groups is 1. The first kappa shape index (κ1) is 46.0. The number of hydrogen-bond acceptors (Lipinski definition) is 10. The summed E-state index contributed by atoms with van der Waals surface area (Å²) in [5.41, 5.74) is 6.75. The Bertz CT molecular complexity index is 2500. The monoisotopic (exact) mass is 931 g/mol. The number of carbonyl (C=O) groups is 2. The van der Waals surface area contributed by atoms with Crippen LogP contribution in [0.5, 0.6) is 11.5 Å². The van der Waals surface area contributed by atoms with E-state index in [2.05, 4.69) is 68.8 Å². The fraction of sp³-hybridized carbons (Fsp3) is 0.362. The maximum atomic E-state index is 12.9. The molecule has 0 aliphatic carbocycles. The molecule has 1 N–H and O–H groups in total. The van der Waals surface area contributed by atoms with E-state index in [0.717, 1.165) is 61.4 Å². The third-order valence-electron chi connectivity index (χ3n) is 11.9. The van der Waals surface area contributed by atoms with Gasteiger partial charge in [0.25, 0.3) is 0 Å². The molecule has 2 aromatic carbocycles. The number of rotatable bonds is 10. The van der Waals surface area contributed by atoms with Gasteiger partial charge in [-0.1, -0.05) is 30.3 Å². The van der Waals surface area contributed by atoms with E-state index >= 15 is 0 Å². The lowest BCUT2D eigenvalue weighted by molar-refractivity contribution is 0.00578. The van der Waals surface area contributed by atoms with E-state index in [1.165, 1.54) is 0 Å². The summed E-state index contributed by atoms with van der Waals surface area (Å²) in [6.45, 7) is 16.7. The Morgan fingerprint density at radius 3 is 1.77 bits per heavy atom. The molecule has 15 nitrogen and oxygen atoms in total. The van der Waals surface area contributed by atoms with Gasteiger partial charge in [0.05, 0.1) is 38.2 Å². The van der Waals surface area contributed by atoms with Crippen LogP contribution in [0, 0.1) is 13.8 Å². The van der Waals surface area contributed by atoms with Crippen molar-refractivity contribution in [2.75, 3.05) is 56.7 Å². The van der Waals surface area contributed by atoms with Crippen molar-refractivity contribution in [3.8, 4) is 22.6 Å². The predicted molar refractivity (Wildman–Crippen MR) is 253 cm³/mol. The highest BCUT2D eigenvalue weighted by Crippen LogP contribution is 2.38. The summed E-state index contributed by atoms with van der Waals surface area (Å²) in [6, 6.07) is 19.4. The number of pyridine rings is 2. The van der Waals surface area contributed by atoms with Crippen LogP contribution < -0.4 is 19.3 Å². The van der Waals surface area contributed by atoms with Gasteiger partial charge < -0.3 is 28.6 Å². The van der Waals surface area contributed by atoms with E-state index in [1.807, 2.05) is 103 Å². The molecular formula is C47H55BBrN9O6. The van der Waals surface area contributed by atoms with Crippen LogP contribution in [0.15, 0.2) is 106 Å². The zero-order valence-electron chi connectivity index (χ0n) is 37.7. The highest BCUT2D eigenvalue weighted by atomic mass is 79.9. The largest absolute Gasteiger partial charge is 0.497 e. The van der Waals surface area contributed by atoms with E-state index in [1.54, 1.807) is 42.6 Å². The summed E-state index contributed by atoms with van der Waals surface area (Å²) < 4.78 is 23.2. The number of nitrogens with zero attached hydrogens (tertiary/aromatic N) is 8. The molecular weight excluding hydrogens is 877 g/mol. The molecule has 4 amide bonds. The van der Waals surface area contributed by atoms with Crippen LogP contribution in [0.1, 0.15) is 49.9 Å². The quantitative estimate of drug-likeness (QED) is 0.136. The zero-order chi connectivity index (χ0) is 45.6. The van der Waals surface area contributed by atoms with Crippen molar-refractivity contribution in [3.63, 3.8) is 0 Å². The Morgan fingerprint density at radius 1 is 0.750 bits per heavy atom. The number of aromatic nitrogens is 4. The summed E-state index contributed by atoms with van der Waals surface area (Å²) in [6.07, 6.45) is 11.0. The maximum absolute atomic E-state index is 12.9. The number of hydrogen-bond donors (Lipinski definition) is 1. The molecule has 0 radical (unpaired) electrons. The van der Waals surface area contributed by atoms with Crippen molar-refractivity contribution in [2.45, 2.75) is 65.8 Å². The zero-order valence-corrected chi connectivity index (χ0v) is 39.3. The number of aryl methyl sites for hydroxylation is 2. The Labute approximate surface area is 383 Å². The van der Waals surface area contributed by atoms with Crippen molar-refractivity contribution in [1.29, 1.82) is 0 Å². The number of allylic oxidation sites excluding steroid dienone is 1. The smallest absolute Gasteiger partial charge is 0.496 e. The molecule has 0 saturated carbocycles. The van der Waals surface area contributed by atoms with E-state index in [9.17, 15) is 9.59 Å². The lowest BCUT2D eigenvalue weighted by Crippen LogP contribution is -2.41. The van der Waals surface area contributed by atoms with Gasteiger partial charge in [0, 0.05) is 79.7 Å². The highest BCUT2D eigenvalue weighted by Gasteiger charge is 2.52. The number of amides is 4. The third-order valence-corrected chi connectivity index (χ3v) is 12.7. The molecule has 334 valence electrons. The van der Waals surface area contributed by atoms with Gasteiger partial charge in [-0.05, 0) is 122 Å². The molecule has 3 fully saturated rings. The van der Waals surface area contributed by atoms with Crippen LogP contribution in [0.2, 0.25) is 0 Å². The average Bonchev–Trinajstić information content (AvgIpc) is 4.14. The highest BCUT2D eigenvalue weighted by molar-refractivity contribution is 9.10. The lowest BCUT2D eigenvalue weighted by Gasteiger charge is -2.32. The topological polar surface area (TPSA) is 151 Å². The maximum Gasteiger partial charge on any atom is 0.496 e. The predicted octanol–water partition coefficient (Wildman–Crippen LogP) is 8.46. The molecule has 0 spiro atoms. The minimum atomic E-state index is -0.255. The minimum absolute atomic E-state index is 0.0120. The number of ether oxygens (including phenoxy) is 2. The Balaban J connectivity index is 0.000000151. The number of H-pyrrole nitrogens is 1. The minimum Gasteiger partial charge on any atom is -0.497 e. The Hall–Kier alpha value is -6.04. The lowest BCUT2D eigenvalue weighted by atomic mass is 9.79. The van der Waals surface area contributed by atoms with Gasteiger partial charge in [0.2, 0.25) is 0 Å². The van der Waals surface area contributed by atoms with Crippen LogP contribution in [0.25, 0.3) is 11.1 Å². The molecule has 0 unspecified atom stereocenters. The van der Waals surface area contributed by atoms with Crippen LogP contribution in [-0.4, -0.2) is 114 Å². The number of anilines is 2. The van der Waals surface area contributed by atoms with Gasteiger partial charge in [-0.3, -0.25) is 19.9 Å². The van der Waals surface area contributed by atoms with Gasteiger partial charge in [-0.15, -0.1) is 0 Å². The molecule has 9 rings (SSSR count). The van der Waals surface area contributed by atoms with E-state index in [4.69, 9.17) is 18.8 Å². The van der Waals surface area contributed by atoms with Gasteiger partial charge in [0.15, 0.2) is 0 Å². The second-order valence-electron chi connectivity index (χ2n) is 16.8. The van der Waals surface area contributed by atoms with Crippen molar-refractivity contribution in [3.05, 3.63) is 124 Å². The van der Waals surface area contributed by atoms with Crippen LogP contribution in [0.3, 0.4) is 0 Å².